The Labute approximate surface area is 132 Å². The van der Waals surface area contributed by atoms with Gasteiger partial charge in [0.05, 0.1) is 6.04 Å². The zero-order valence-corrected chi connectivity index (χ0v) is 13.7. The smallest absolute Gasteiger partial charge is 0.0587 e. The fourth-order valence-electron chi connectivity index (χ4n) is 3.29. The van der Waals surface area contributed by atoms with Gasteiger partial charge in [-0.3, -0.25) is 0 Å². The van der Waals surface area contributed by atoms with Crippen LogP contribution in [0.2, 0.25) is 0 Å². The van der Waals surface area contributed by atoms with Crippen molar-refractivity contribution in [2.45, 2.75) is 37.1 Å². The minimum Gasteiger partial charge on any atom is -0.306 e. The second-order valence-electron chi connectivity index (χ2n) is 5.61. The average Bonchev–Trinajstić information content (AvgIpc) is 3.00. The summed E-state index contributed by atoms with van der Waals surface area (Å²) in [5.41, 5.74) is 5.90. The van der Waals surface area contributed by atoms with E-state index in [2.05, 4.69) is 61.0 Å². The molecule has 0 saturated carbocycles. The number of fused-ring (bicyclic) bond motifs is 1. The van der Waals surface area contributed by atoms with Crippen LogP contribution in [0.1, 0.15) is 41.6 Å². The summed E-state index contributed by atoms with van der Waals surface area (Å²) in [6, 6.07) is 16.1. The number of thioether (sulfide) groups is 1. The van der Waals surface area contributed by atoms with Gasteiger partial charge in [-0.2, -0.15) is 0 Å². The SMILES string of the molecule is CCNC(c1ccc2c(c1)CCC2)c1ccccc1SC. The Morgan fingerprint density at radius 3 is 2.71 bits per heavy atom. The molecule has 0 bridgehead atoms. The fraction of sp³-hybridized carbons (Fsp3) is 0.368. The maximum Gasteiger partial charge on any atom is 0.0587 e. The second-order valence-corrected chi connectivity index (χ2v) is 6.46. The minimum absolute atomic E-state index is 0.296. The van der Waals surface area contributed by atoms with E-state index in [0.717, 1.165) is 6.54 Å². The molecule has 0 amide bonds. The van der Waals surface area contributed by atoms with Crippen molar-refractivity contribution in [2.75, 3.05) is 12.8 Å². The Bertz CT molecular complexity index is 621. The van der Waals surface area contributed by atoms with E-state index in [1.54, 1.807) is 11.1 Å². The summed E-state index contributed by atoms with van der Waals surface area (Å²) >= 11 is 1.83. The van der Waals surface area contributed by atoms with Crippen molar-refractivity contribution in [3.05, 3.63) is 64.7 Å². The molecule has 0 spiro atoms. The first-order chi connectivity index (χ1) is 10.3. The number of nitrogens with one attached hydrogen (secondary N) is 1. The third-order valence-electron chi connectivity index (χ3n) is 4.31. The molecule has 0 fully saturated rings. The van der Waals surface area contributed by atoms with Gasteiger partial charge in [-0.15, -0.1) is 11.8 Å². The molecule has 0 radical (unpaired) electrons. The molecular formula is C19H23NS. The van der Waals surface area contributed by atoms with Crippen LogP contribution in [0.4, 0.5) is 0 Å². The second kappa shape index (κ2) is 6.67. The molecule has 0 heterocycles. The van der Waals surface area contributed by atoms with Crippen LogP contribution in [0.25, 0.3) is 0 Å². The van der Waals surface area contributed by atoms with Crippen LogP contribution in [-0.4, -0.2) is 12.8 Å². The predicted octanol–water partition coefficient (Wildman–Crippen LogP) is 4.60. The van der Waals surface area contributed by atoms with Gasteiger partial charge in [-0.25, -0.2) is 0 Å². The van der Waals surface area contributed by atoms with E-state index in [9.17, 15) is 0 Å². The summed E-state index contributed by atoms with van der Waals surface area (Å²) < 4.78 is 0. The van der Waals surface area contributed by atoms with E-state index in [1.165, 1.54) is 35.3 Å². The highest BCUT2D eigenvalue weighted by Crippen LogP contribution is 2.32. The molecule has 1 N–H and O–H groups in total. The summed E-state index contributed by atoms with van der Waals surface area (Å²) in [5, 5.41) is 3.67. The van der Waals surface area contributed by atoms with Gasteiger partial charge in [0.15, 0.2) is 0 Å². The van der Waals surface area contributed by atoms with Crippen molar-refractivity contribution >= 4 is 11.8 Å². The van der Waals surface area contributed by atoms with Crippen LogP contribution in [-0.2, 0) is 12.8 Å². The topological polar surface area (TPSA) is 12.0 Å². The molecule has 0 aliphatic heterocycles. The van der Waals surface area contributed by atoms with Crippen LogP contribution < -0.4 is 5.32 Å². The summed E-state index contributed by atoms with van der Waals surface area (Å²) in [5.74, 6) is 0. The lowest BCUT2D eigenvalue weighted by Crippen LogP contribution is -2.22. The fourth-order valence-corrected chi connectivity index (χ4v) is 3.92. The van der Waals surface area contributed by atoms with Gasteiger partial charge in [0.2, 0.25) is 0 Å². The number of aryl methyl sites for hydroxylation is 2. The number of benzene rings is 2. The lowest BCUT2D eigenvalue weighted by atomic mass is 9.95. The van der Waals surface area contributed by atoms with Gasteiger partial charge >= 0.3 is 0 Å². The van der Waals surface area contributed by atoms with Crippen LogP contribution in [0.3, 0.4) is 0 Å². The monoisotopic (exact) mass is 297 g/mol. The van der Waals surface area contributed by atoms with Crippen molar-refractivity contribution in [1.29, 1.82) is 0 Å². The maximum absolute atomic E-state index is 3.67. The van der Waals surface area contributed by atoms with E-state index < -0.39 is 0 Å². The molecule has 0 aromatic heterocycles. The molecule has 110 valence electrons. The molecule has 1 atom stereocenters. The highest BCUT2D eigenvalue weighted by Gasteiger charge is 2.19. The first-order valence-corrected chi connectivity index (χ1v) is 9.04. The van der Waals surface area contributed by atoms with Crippen LogP contribution in [0.15, 0.2) is 47.4 Å². The van der Waals surface area contributed by atoms with E-state index >= 15 is 0 Å². The highest BCUT2D eigenvalue weighted by molar-refractivity contribution is 7.98. The quantitative estimate of drug-likeness (QED) is 0.810. The van der Waals surface area contributed by atoms with Crippen LogP contribution >= 0.6 is 11.8 Å². The zero-order valence-electron chi connectivity index (χ0n) is 12.9. The molecule has 2 aromatic rings. The predicted molar refractivity (Wildman–Crippen MR) is 92.2 cm³/mol. The molecule has 0 saturated heterocycles. The molecule has 1 aliphatic carbocycles. The Balaban J connectivity index is 2.01. The molecule has 2 aromatic carbocycles. The third-order valence-corrected chi connectivity index (χ3v) is 5.13. The van der Waals surface area contributed by atoms with Crippen molar-refractivity contribution < 1.29 is 0 Å². The molecule has 1 aliphatic rings. The average molecular weight is 297 g/mol. The lowest BCUT2D eigenvalue weighted by molar-refractivity contribution is 0.621. The highest BCUT2D eigenvalue weighted by atomic mass is 32.2. The van der Waals surface area contributed by atoms with Crippen molar-refractivity contribution in [1.82, 2.24) is 5.32 Å². The maximum atomic E-state index is 3.67. The summed E-state index contributed by atoms with van der Waals surface area (Å²) in [6.45, 7) is 3.16. The first kappa shape index (κ1) is 14.7. The summed E-state index contributed by atoms with van der Waals surface area (Å²) in [4.78, 5) is 1.36. The van der Waals surface area contributed by atoms with Gasteiger partial charge in [0, 0.05) is 4.90 Å². The molecule has 3 rings (SSSR count). The van der Waals surface area contributed by atoms with E-state index in [4.69, 9.17) is 0 Å². The lowest BCUT2D eigenvalue weighted by Gasteiger charge is -2.22. The Morgan fingerprint density at radius 2 is 1.90 bits per heavy atom. The van der Waals surface area contributed by atoms with E-state index in [0.29, 0.717) is 6.04 Å². The van der Waals surface area contributed by atoms with Gasteiger partial charge in [0.25, 0.3) is 0 Å². The molecule has 21 heavy (non-hydrogen) atoms. The number of rotatable bonds is 5. The van der Waals surface area contributed by atoms with Crippen molar-refractivity contribution in [3.8, 4) is 0 Å². The van der Waals surface area contributed by atoms with Gasteiger partial charge < -0.3 is 5.32 Å². The molecular weight excluding hydrogens is 274 g/mol. The minimum atomic E-state index is 0.296. The zero-order chi connectivity index (χ0) is 14.7. The van der Waals surface area contributed by atoms with Gasteiger partial charge in [-0.1, -0.05) is 43.3 Å². The third kappa shape index (κ3) is 3.02. The Morgan fingerprint density at radius 1 is 1.10 bits per heavy atom. The van der Waals surface area contributed by atoms with Crippen LogP contribution in [0.5, 0.6) is 0 Å². The number of hydrogen-bond donors (Lipinski definition) is 1. The Hall–Kier alpha value is -1.25. The van der Waals surface area contributed by atoms with E-state index in [1.807, 2.05) is 11.8 Å². The first-order valence-electron chi connectivity index (χ1n) is 7.81. The summed E-state index contributed by atoms with van der Waals surface area (Å²) in [7, 11) is 0. The van der Waals surface area contributed by atoms with E-state index in [-0.39, 0.29) is 0 Å². The standard InChI is InChI=1S/C19H23NS/c1-3-20-19(17-9-4-5-10-18(17)21-2)16-12-11-14-7-6-8-15(14)13-16/h4-5,9-13,19-20H,3,6-8H2,1-2H3. The van der Waals surface area contributed by atoms with Crippen molar-refractivity contribution in [2.24, 2.45) is 0 Å². The molecule has 2 heteroatoms. The van der Waals surface area contributed by atoms with Crippen LogP contribution in [0, 0.1) is 0 Å². The molecule has 1 unspecified atom stereocenters. The van der Waals surface area contributed by atoms with Crippen molar-refractivity contribution in [3.63, 3.8) is 0 Å². The molecule has 1 nitrogen and oxygen atoms in total. The summed E-state index contributed by atoms with van der Waals surface area (Å²) in [6.07, 6.45) is 5.96. The normalized spacial score (nSPS) is 15.0. The Kier molecular flexibility index (Phi) is 4.67. The largest absolute Gasteiger partial charge is 0.306 e. The van der Waals surface area contributed by atoms with Gasteiger partial charge in [-0.05, 0) is 60.4 Å². The number of hydrogen-bond acceptors (Lipinski definition) is 2. The van der Waals surface area contributed by atoms with Gasteiger partial charge in [0.1, 0.15) is 0 Å².